The van der Waals surface area contributed by atoms with E-state index in [2.05, 4.69) is 11.4 Å². The third-order valence-corrected chi connectivity index (χ3v) is 3.43. The Bertz CT molecular complexity index is 647. The first kappa shape index (κ1) is 15.2. The number of aliphatic hydroxyl groups is 1. The summed E-state index contributed by atoms with van der Waals surface area (Å²) in [6, 6.07) is 14.3. The minimum atomic E-state index is -0.388. The molecule has 0 spiro atoms. The average molecular weight is 284 g/mol. The Morgan fingerprint density at radius 1 is 1.24 bits per heavy atom. The van der Waals surface area contributed by atoms with Gasteiger partial charge in [0, 0.05) is 18.2 Å². The van der Waals surface area contributed by atoms with Crippen LogP contribution in [0.3, 0.4) is 0 Å². The monoisotopic (exact) mass is 284 g/mol. The van der Waals surface area contributed by atoms with Gasteiger partial charge in [0.15, 0.2) is 0 Å². The number of halogens is 1. The van der Waals surface area contributed by atoms with Gasteiger partial charge in [0.1, 0.15) is 5.82 Å². The van der Waals surface area contributed by atoms with Crippen molar-refractivity contribution in [1.82, 2.24) is 5.32 Å². The van der Waals surface area contributed by atoms with E-state index in [1.807, 2.05) is 19.1 Å². The molecule has 0 fully saturated rings. The average Bonchev–Trinajstić information content (AvgIpc) is 2.53. The maximum Gasteiger partial charge on any atom is 0.128 e. The molecule has 2 aromatic rings. The van der Waals surface area contributed by atoms with E-state index in [-0.39, 0.29) is 18.5 Å². The number of aliphatic hydroxyl groups excluding tert-OH is 1. The van der Waals surface area contributed by atoms with Gasteiger partial charge in [0.05, 0.1) is 18.2 Å². The molecule has 0 bridgehead atoms. The molecule has 108 valence electrons. The van der Waals surface area contributed by atoms with Crippen LogP contribution in [0.1, 0.15) is 35.2 Å². The molecule has 4 heteroatoms. The molecule has 0 radical (unpaired) electrons. The molecule has 2 rings (SSSR count). The van der Waals surface area contributed by atoms with Gasteiger partial charge in [-0.1, -0.05) is 18.2 Å². The summed E-state index contributed by atoms with van der Waals surface area (Å²) in [6.45, 7) is 2.30. The number of hydrogen-bond donors (Lipinski definition) is 2. The van der Waals surface area contributed by atoms with Gasteiger partial charge in [-0.25, -0.2) is 4.39 Å². The molecular weight excluding hydrogens is 267 g/mol. The van der Waals surface area contributed by atoms with E-state index >= 15 is 0 Å². The van der Waals surface area contributed by atoms with Crippen LogP contribution in [0.4, 0.5) is 4.39 Å². The second-order valence-electron chi connectivity index (χ2n) is 4.92. The fraction of sp³-hybridized carbons (Fsp3) is 0.235. The Morgan fingerprint density at radius 3 is 2.57 bits per heavy atom. The Labute approximate surface area is 123 Å². The van der Waals surface area contributed by atoms with Gasteiger partial charge in [0.25, 0.3) is 0 Å². The largest absolute Gasteiger partial charge is 0.392 e. The zero-order valence-electron chi connectivity index (χ0n) is 11.8. The van der Waals surface area contributed by atoms with E-state index in [9.17, 15) is 4.39 Å². The quantitative estimate of drug-likeness (QED) is 0.887. The molecule has 1 unspecified atom stereocenters. The highest BCUT2D eigenvalue weighted by molar-refractivity contribution is 5.33. The summed E-state index contributed by atoms with van der Waals surface area (Å²) in [4.78, 5) is 0. The summed E-state index contributed by atoms with van der Waals surface area (Å²) in [5.41, 5.74) is 2.94. The van der Waals surface area contributed by atoms with Crippen molar-refractivity contribution in [3.8, 4) is 6.07 Å². The third kappa shape index (κ3) is 3.88. The van der Waals surface area contributed by atoms with Crippen molar-refractivity contribution in [2.75, 3.05) is 0 Å². The van der Waals surface area contributed by atoms with Gasteiger partial charge in [0.2, 0.25) is 0 Å². The molecule has 0 heterocycles. The lowest BCUT2D eigenvalue weighted by atomic mass is 10.1. The standard InChI is InChI=1S/C17H17FN2O/c1-12(15-5-2-13(9-19)3-6-15)20-10-14-4-7-17(18)16(8-14)11-21/h2-8,12,20-21H,10-11H2,1H3. The van der Waals surface area contributed by atoms with Gasteiger partial charge in [-0.3, -0.25) is 0 Å². The number of hydrogen-bond acceptors (Lipinski definition) is 3. The van der Waals surface area contributed by atoms with Crippen molar-refractivity contribution in [2.45, 2.75) is 26.1 Å². The fourth-order valence-corrected chi connectivity index (χ4v) is 2.09. The van der Waals surface area contributed by atoms with Gasteiger partial charge < -0.3 is 10.4 Å². The van der Waals surface area contributed by atoms with E-state index in [4.69, 9.17) is 10.4 Å². The van der Waals surface area contributed by atoms with E-state index in [1.54, 1.807) is 24.3 Å². The second-order valence-corrected chi connectivity index (χ2v) is 4.92. The van der Waals surface area contributed by atoms with Gasteiger partial charge in [-0.2, -0.15) is 5.26 Å². The van der Waals surface area contributed by atoms with Crippen LogP contribution >= 0.6 is 0 Å². The topological polar surface area (TPSA) is 56.0 Å². The van der Waals surface area contributed by atoms with Crippen molar-refractivity contribution in [3.63, 3.8) is 0 Å². The van der Waals surface area contributed by atoms with Crippen LogP contribution in [-0.2, 0) is 13.2 Å². The molecule has 0 aliphatic heterocycles. The molecule has 0 saturated heterocycles. The Hall–Kier alpha value is -2.22. The Balaban J connectivity index is 2.00. The van der Waals surface area contributed by atoms with Crippen molar-refractivity contribution in [2.24, 2.45) is 0 Å². The summed E-state index contributed by atoms with van der Waals surface area (Å²) in [5.74, 6) is -0.388. The van der Waals surface area contributed by atoms with Crippen LogP contribution in [0.15, 0.2) is 42.5 Å². The third-order valence-electron chi connectivity index (χ3n) is 3.43. The highest BCUT2D eigenvalue weighted by Gasteiger charge is 2.07. The van der Waals surface area contributed by atoms with Crippen LogP contribution in [0.25, 0.3) is 0 Å². The van der Waals surface area contributed by atoms with Crippen LogP contribution in [0, 0.1) is 17.1 Å². The summed E-state index contributed by atoms with van der Waals surface area (Å²) in [7, 11) is 0. The fourth-order valence-electron chi connectivity index (χ4n) is 2.09. The lowest BCUT2D eigenvalue weighted by Crippen LogP contribution is -2.18. The SMILES string of the molecule is CC(NCc1ccc(F)c(CO)c1)c1ccc(C#N)cc1. The van der Waals surface area contributed by atoms with E-state index in [1.165, 1.54) is 6.07 Å². The highest BCUT2D eigenvalue weighted by atomic mass is 19.1. The normalized spacial score (nSPS) is 11.9. The number of nitriles is 1. The molecule has 1 atom stereocenters. The van der Waals surface area contributed by atoms with E-state index in [0.29, 0.717) is 17.7 Å². The maximum atomic E-state index is 13.3. The van der Waals surface area contributed by atoms with Crippen molar-refractivity contribution < 1.29 is 9.50 Å². The lowest BCUT2D eigenvalue weighted by Gasteiger charge is -2.15. The summed E-state index contributed by atoms with van der Waals surface area (Å²) in [5, 5.41) is 21.2. The summed E-state index contributed by atoms with van der Waals surface area (Å²) in [6.07, 6.45) is 0. The van der Waals surface area contributed by atoms with Crippen LogP contribution < -0.4 is 5.32 Å². The Morgan fingerprint density at radius 2 is 1.95 bits per heavy atom. The molecule has 2 aromatic carbocycles. The number of benzene rings is 2. The van der Waals surface area contributed by atoms with Crippen LogP contribution in [0.5, 0.6) is 0 Å². The first-order valence-electron chi connectivity index (χ1n) is 6.75. The molecular formula is C17H17FN2O. The van der Waals surface area contributed by atoms with Crippen LogP contribution in [-0.4, -0.2) is 5.11 Å². The number of nitrogens with zero attached hydrogens (tertiary/aromatic N) is 1. The predicted octanol–water partition coefficient (Wildman–Crippen LogP) is 3.04. The molecule has 0 aliphatic carbocycles. The molecule has 0 saturated carbocycles. The first-order valence-corrected chi connectivity index (χ1v) is 6.75. The van der Waals surface area contributed by atoms with E-state index < -0.39 is 0 Å². The van der Waals surface area contributed by atoms with Gasteiger partial charge >= 0.3 is 0 Å². The van der Waals surface area contributed by atoms with E-state index in [0.717, 1.165) is 11.1 Å². The minimum absolute atomic E-state index is 0.111. The minimum Gasteiger partial charge on any atom is -0.392 e. The zero-order valence-corrected chi connectivity index (χ0v) is 11.8. The molecule has 2 N–H and O–H groups in total. The second kappa shape index (κ2) is 6.98. The highest BCUT2D eigenvalue weighted by Crippen LogP contribution is 2.15. The number of nitrogens with one attached hydrogen (secondary N) is 1. The van der Waals surface area contributed by atoms with Gasteiger partial charge in [-0.05, 0) is 42.3 Å². The lowest BCUT2D eigenvalue weighted by molar-refractivity contribution is 0.275. The maximum absolute atomic E-state index is 13.3. The summed E-state index contributed by atoms with van der Waals surface area (Å²) >= 11 is 0. The molecule has 0 aliphatic rings. The predicted molar refractivity (Wildman–Crippen MR) is 78.7 cm³/mol. The van der Waals surface area contributed by atoms with Crippen molar-refractivity contribution >= 4 is 0 Å². The van der Waals surface area contributed by atoms with Crippen molar-refractivity contribution in [3.05, 3.63) is 70.5 Å². The molecule has 0 amide bonds. The van der Waals surface area contributed by atoms with Crippen LogP contribution in [0.2, 0.25) is 0 Å². The smallest absolute Gasteiger partial charge is 0.128 e. The Kier molecular flexibility index (Phi) is 5.04. The molecule has 0 aromatic heterocycles. The first-order chi connectivity index (χ1) is 10.1. The molecule has 3 nitrogen and oxygen atoms in total. The van der Waals surface area contributed by atoms with Crippen molar-refractivity contribution in [1.29, 1.82) is 5.26 Å². The zero-order chi connectivity index (χ0) is 15.2. The van der Waals surface area contributed by atoms with Gasteiger partial charge in [-0.15, -0.1) is 0 Å². The molecule has 21 heavy (non-hydrogen) atoms. The summed E-state index contributed by atoms with van der Waals surface area (Å²) < 4.78 is 13.3. The number of rotatable bonds is 5.